The molecular weight excluding hydrogens is 1370 g/mol. The summed E-state index contributed by atoms with van der Waals surface area (Å²) in [4.78, 5) is 141. The van der Waals surface area contributed by atoms with Crippen LogP contribution in [0.3, 0.4) is 0 Å². The lowest BCUT2D eigenvalue weighted by atomic mass is 9.82. The van der Waals surface area contributed by atoms with Gasteiger partial charge in [-0.25, -0.2) is 9.78 Å². The van der Waals surface area contributed by atoms with E-state index in [-0.39, 0.29) is 153 Å². The number of imide groups is 1. The lowest BCUT2D eigenvalue weighted by Crippen LogP contribution is -2.54. The largest absolute Gasteiger partial charge is 0.507 e. The van der Waals surface area contributed by atoms with Crippen molar-refractivity contribution < 1.29 is 76.7 Å². The summed E-state index contributed by atoms with van der Waals surface area (Å²) >= 11 is 0. The fourth-order valence-electron chi connectivity index (χ4n) is 14.6. The van der Waals surface area contributed by atoms with Crippen molar-refractivity contribution in [3.63, 3.8) is 0 Å². The molecule has 0 saturated carbocycles. The number of rotatable bonds is 22. The number of ether oxygens (including phenoxy) is 4. The average Bonchev–Trinajstić information content (AvgIpc) is 1.65. The van der Waals surface area contributed by atoms with Gasteiger partial charge in [-0.05, 0) is 149 Å². The monoisotopic (exact) mass is 1470 g/mol. The Morgan fingerprint density at radius 2 is 1.56 bits per heavy atom. The molecule has 1 saturated heterocycles. The van der Waals surface area contributed by atoms with Gasteiger partial charge in [0.05, 0.1) is 17.2 Å². The number of Topliss-reactive ketones (excluding diaryl/α,β-unsaturated/α-hetero) is 1. The standard InChI is InChI=1S/C81H97N9O17/c1-44(2)67(86-61(93)21-12-11-13-35-90-62(94)30-31-63(90)95)79(101)85-58(20-15-34-83-80(82)102)78(100)84-55-26-22-52(23-27-55)43-103-57-28-24-53(25-29-57)54-32-36-89(37-33-54)56-41-59(92)68-60(42-56)106-75-69(87-68)64-65-71(96)50(8)74-66(64)76(98)81(10,107-74)104-38-16-19-47(5)73(105-51(9)91)49(7)40-46(4)39-45(3)17-14-18-48(6)77(99)88-70(75)72(65)97/h14,16-18,22-31,38,41-42,44-47,49,54,58,67,73,92,96H,11-13,15,19-21,32-37,39-40,43H2,1-10H3,(H,84,100)(H,85,101)(H,86,93)(H,88,99)(H3,82,83,102)/b17-14+,38-16+,48-18-/t45-,46+,47+,49+,58-,67-,73+,81-/m0/s1. The van der Waals surface area contributed by atoms with Crippen LogP contribution in [0.5, 0.6) is 23.0 Å². The summed E-state index contributed by atoms with van der Waals surface area (Å²) in [5.74, 6) is -6.33. The van der Waals surface area contributed by atoms with Crippen molar-refractivity contribution in [1.82, 2.24) is 25.8 Å². The van der Waals surface area contributed by atoms with Crippen molar-refractivity contribution in [3.05, 3.63) is 141 Å². The summed E-state index contributed by atoms with van der Waals surface area (Å²) in [5.41, 5.74) is 7.11. The summed E-state index contributed by atoms with van der Waals surface area (Å²) in [6.45, 7) is 19.5. The fourth-order valence-corrected chi connectivity index (χ4v) is 14.6. The van der Waals surface area contributed by atoms with Crippen LogP contribution in [0.2, 0.25) is 0 Å². The predicted octanol–water partition coefficient (Wildman–Crippen LogP) is 11.5. The quantitative estimate of drug-likeness (QED) is 0.0103. The Bertz CT molecular complexity index is 4520. The van der Waals surface area contributed by atoms with Gasteiger partial charge < -0.3 is 70.8 Å². The number of nitrogens with two attached hydrogens (primary N) is 1. The summed E-state index contributed by atoms with van der Waals surface area (Å²) in [5, 5.41) is 37.2. The van der Waals surface area contributed by atoms with Crippen molar-refractivity contribution in [2.45, 2.75) is 176 Å². The molecule has 1 aliphatic carbocycles. The van der Waals surface area contributed by atoms with Crippen molar-refractivity contribution >= 4 is 92.2 Å². The Morgan fingerprint density at radius 1 is 0.850 bits per heavy atom. The molecular formula is C81H97N9O17. The first kappa shape index (κ1) is 78.5. The van der Waals surface area contributed by atoms with E-state index in [0.29, 0.717) is 62.3 Å². The molecule has 1 fully saturated rings. The molecule has 9 N–H and O–H groups in total. The number of anilines is 3. The number of nitrogens with one attached hydrogen (secondary N) is 5. The van der Waals surface area contributed by atoms with Crippen LogP contribution in [0.4, 0.5) is 21.9 Å². The number of nitrogens with zero attached hydrogens (tertiary/aromatic N) is 3. The van der Waals surface area contributed by atoms with E-state index in [1.54, 1.807) is 75.4 Å². The smallest absolute Gasteiger partial charge is 0.312 e. The molecule has 0 aromatic heterocycles. The normalized spacial score (nSPS) is 21.9. The van der Waals surface area contributed by atoms with Gasteiger partial charge in [0.1, 0.15) is 64.7 Å². The van der Waals surface area contributed by atoms with E-state index in [1.165, 1.54) is 39.2 Å². The first-order valence-electron chi connectivity index (χ1n) is 36.8. The topological polar surface area (TPSA) is 367 Å². The third-order valence-electron chi connectivity index (χ3n) is 20.3. The maximum atomic E-state index is 15.1. The molecule has 4 aromatic carbocycles. The van der Waals surface area contributed by atoms with E-state index in [2.05, 4.69) is 52.3 Å². The maximum absolute atomic E-state index is 15.1. The van der Waals surface area contributed by atoms with E-state index in [4.69, 9.17) is 34.1 Å². The second kappa shape index (κ2) is 34.5. The minimum Gasteiger partial charge on any atom is -0.507 e. The molecule has 0 radical (unpaired) electrons. The van der Waals surface area contributed by atoms with Crippen LogP contribution in [0.15, 0.2) is 118 Å². The minimum absolute atomic E-state index is 0.00595. The number of hydrogen-bond acceptors (Lipinski definition) is 19. The number of primary amides is 1. The highest BCUT2D eigenvalue weighted by molar-refractivity contribution is 6.22. The van der Waals surface area contributed by atoms with Crippen molar-refractivity contribution in [3.8, 4) is 34.5 Å². The molecule has 26 heteroatoms. The molecule has 5 heterocycles. The average molecular weight is 1470 g/mol. The van der Waals surface area contributed by atoms with Gasteiger partial charge in [0.25, 0.3) is 23.5 Å². The molecule has 107 heavy (non-hydrogen) atoms. The van der Waals surface area contributed by atoms with Crippen LogP contribution in [0, 0.1) is 36.5 Å². The van der Waals surface area contributed by atoms with Crippen molar-refractivity contribution in [2.75, 3.05) is 41.7 Å². The zero-order valence-corrected chi connectivity index (χ0v) is 62.3. The summed E-state index contributed by atoms with van der Waals surface area (Å²) < 4.78 is 31.2. The van der Waals surface area contributed by atoms with E-state index in [1.807, 2.05) is 37.3 Å². The number of phenolic OH excluding ortho intramolecular Hbond substituents is 2. The van der Waals surface area contributed by atoms with Gasteiger partial charge in [0, 0.05) is 98.6 Å². The number of hydrogen-bond donors (Lipinski definition) is 8. The van der Waals surface area contributed by atoms with Gasteiger partial charge in [0.15, 0.2) is 11.3 Å². The highest BCUT2D eigenvalue weighted by Gasteiger charge is 2.50. The number of benzene rings is 5. The second-order valence-electron chi connectivity index (χ2n) is 29.3. The number of esters is 1. The molecule has 4 bridgehead atoms. The molecule has 5 aliphatic heterocycles. The SMILES string of the molecule is CC(=O)O[C@@H]1[C@H](C)C/C=C/O[C@@]2(C)Oc3c(C)c(O)c4c(=O)c(c5oc6cc(N7CCC(c8ccc(OCc9ccc(NC(=O)[C@H](CCCNC(N)=O)NC(=O)[C@@H](NC(=O)CCCCCN%10C(=O)C=CC%10=O)C(C)C)cc9)cc8)CC7)cc(O)c6nc-5c4c3C2=O)NC(=O)/C(C)=C\C=C\[C@H](C)C[C@@H](C)C[C@H]1C. The van der Waals surface area contributed by atoms with E-state index >= 15 is 4.79 Å². The van der Waals surface area contributed by atoms with Crippen molar-refractivity contribution in [1.29, 1.82) is 0 Å². The number of carbonyl (C=O) groups is 9. The fraction of sp³-hybridized carbons (Fsp3) is 0.444. The molecule has 10 rings (SSSR count). The Labute approximate surface area is 621 Å². The molecule has 0 spiro atoms. The van der Waals surface area contributed by atoms with Crippen LogP contribution in [-0.2, 0) is 49.6 Å². The molecule has 26 nitrogen and oxygen atoms in total. The first-order valence-corrected chi connectivity index (χ1v) is 36.8. The molecule has 8 atom stereocenters. The predicted molar refractivity (Wildman–Crippen MR) is 404 cm³/mol. The number of aromatic hydroxyl groups is 2. The minimum atomic E-state index is -2.00. The van der Waals surface area contributed by atoms with E-state index in [9.17, 15) is 53.4 Å². The number of fused-ring (bicyclic) bond motifs is 2. The summed E-state index contributed by atoms with van der Waals surface area (Å²) in [7, 11) is 0. The number of phenols is 2. The molecule has 0 unspecified atom stereocenters. The van der Waals surface area contributed by atoms with Crippen LogP contribution in [0.25, 0.3) is 33.3 Å². The number of unbranched alkanes of at least 4 members (excludes halogenated alkanes) is 2. The van der Waals surface area contributed by atoms with E-state index < -0.39 is 70.7 Å². The van der Waals surface area contributed by atoms with E-state index in [0.717, 1.165) is 41.7 Å². The van der Waals surface area contributed by atoms with Gasteiger partial charge in [-0.15, -0.1) is 0 Å². The van der Waals surface area contributed by atoms with Gasteiger partial charge in [-0.3, -0.25) is 48.1 Å². The van der Waals surface area contributed by atoms with Crippen LogP contribution in [-0.4, -0.2) is 123 Å². The van der Waals surface area contributed by atoms with Gasteiger partial charge in [-0.1, -0.05) is 90.5 Å². The van der Waals surface area contributed by atoms with Crippen molar-refractivity contribution in [2.24, 2.45) is 35.3 Å². The lowest BCUT2D eigenvalue weighted by Gasteiger charge is -2.34. The molecule has 6 aliphatic rings. The zero-order chi connectivity index (χ0) is 77.1. The Kier molecular flexibility index (Phi) is 25.3. The maximum Gasteiger partial charge on any atom is 0.312 e. The number of amides is 8. The number of aromatic nitrogens is 1. The number of ketones is 1. The van der Waals surface area contributed by atoms with Crippen LogP contribution in [0.1, 0.15) is 166 Å². The van der Waals surface area contributed by atoms with Gasteiger partial charge in [-0.2, -0.15) is 0 Å². The van der Waals surface area contributed by atoms with Crippen LogP contribution >= 0.6 is 0 Å². The van der Waals surface area contributed by atoms with Gasteiger partial charge >= 0.3 is 17.8 Å². The zero-order valence-electron chi connectivity index (χ0n) is 62.3. The lowest BCUT2D eigenvalue weighted by molar-refractivity contribution is -0.152. The number of allylic oxidation sites excluding steroid dienone is 4. The summed E-state index contributed by atoms with van der Waals surface area (Å²) in [6.07, 6.45) is 16.1. The highest BCUT2D eigenvalue weighted by Crippen LogP contribution is 2.51. The molecule has 8 amide bonds. The number of carbonyl (C=O) groups excluding carboxylic acids is 9. The molecule has 4 aromatic rings. The Morgan fingerprint density at radius 3 is 2.24 bits per heavy atom. The first-order chi connectivity index (χ1) is 51.0. The Balaban J connectivity index is 0.803. The third kappa shape index (κ3) is 18.8. The van der Waals surface area contributed by atoms with Gasteiger partial charge in [0.2, 0.25) is 23.2 Å². The second-order valence-corrected chi connectivity index (χ2v) is 29.3. The summed E-state index contributed by atoms with van der Waals surface area (Å²) in [6, 6.07) is 15.5. The number of piperidine rings is 1. The Hall–Kier alpha value is -11.1. The van der Waals surface area contributed by atoms with Crippen LogP contribution < -0.4 is 52.1 Å². The molecule has 568 valence electrons. The highest BCUT2D eigenvalue weighted by atomic mass is 16.7. The number of urea groups is 1. The third-order valence-corrected chi connectivity index (χ3v) is 20.3.